The van der Waals surface area contributed by atoms with Gasteiger partial charge in [0.1, 0.15) is 23.5 Å². The Balaban J connectivity index is 1.46. The van der Waals surface area contributed by atoms with E-state index >= 15 is 4.39 Å². The van der Waals surface area contributed by atoms with E-state index in [2.05, 4.69) is 28.8 Å². The number of carbonyl (C=O) groups excluding carboxylic acids is 2. The summed E-state index contributed by atoms with van der Waals surface area (Å²) in [5.41, 5.74) is 2.57. The summed E-state index contributed by atoms with van der Waals surface area (Å²) in [4.78, 5) is 40.5. The first kappa shape index (κ1) is 26.3. The molecule has 2 unspecified atom stereocenters. The normalized spacial score (nSPS) is 22.0. The van der Waals surface area contributed by atoms with Crippen LogP contribution in [-0.4, -0.2) is 50.9 Å². The average Bonchev–Trinajstić information content (AvgIpc) is 3.25. The van der Waals surface area contributed by atoms with E-state index in [-0.39, 0.29) is 22.1 Å². The molecule has 3 aliphatic heterocycles. The molecule has 3 aliphatic rings. The van der Waals surface area contributed by atoms with Crippen LogP contribution in [0.25, 0.3) is 0 Å². The molecule has 3 N–H and O–H groups in total. The first-order valence-corrected chi connectivity index (χ1v) is 13.1. The second-order valence-electron chi connectivity index (χ2n) is 9.75. The number of hydrogen-bond donors (Lipinski definition) is 2. The van der Waals surface area contributed by atoms with Gasteiger partial charge in [-0.2, -0.15) is 10.8 Å². The van der Waals surface area contributed by atoms with Crippen molar-refractivity contribution in [2.75, 3.05) is 11.9 Å². The lowest BCUT2D eigenvalue weighted by atomic mass is 9.98. The molecule has 200 valence electrons. The molecule has 0 spiro atoms. The third-order valence-electron chi connectivity index (χ3n) is 7.18. The maximum Gasteiger partial charge on any atom is 0.265 e. The van der Waals surface area contributed by atoms with E-state index in [4.69, 9.17) is 10.8 Å². The summed E-state index contributed by atoms with van der Waals surface area (Å²) in [6.07, 6.45) is 12.1. The summed E-state index contributed by atoms with van der Waals surface area (Å²) < 4.78 is 15.1. The summed E-state index contributed by atoms with van der Waals surface area (Å²) >= 11 is 0. The number of nitrogens with one attached hydrogen (secondary N) is 1. The molecule has 39 heavy (non-hydrogen) atoms. The molecule has 1 fully saturated rings. The van der Waals surface area contributed by atoms with Crippen LogP contribution < -0.4 is 11.2 Å². The van der Waals surface area contributed by atoms with Crippen molar-refractivity contribution in [2.45, 2.75) is 45.1 Å². The van der Waals surface area contributed by atoms with Gasteiger partial charge in [0.25, 0.3) is 11.7 Å². The molecule has 5 rings (SSSR count). The molecule has 9 nitrogen and oxygen atoms in total. The van der Waals surface area contributed by atoms with Crippen LogP contribution in [0.15, 0.2) is 83.0 Å². The Hall–Kier alpha value is -4.28. The Morgan fingerprint density at radius 1 is 1.28 bits per heavy atom. The van der Waals surface area contributed by atoms with Gasteiger partial charge in [-0.05, 0) is 67.7 Å². The van der Waals surface area contributed by atoms with Gasteiger partial charge in [0.2, 0.25) is 11.6 Å². The zero-order valence-electron chi connectivity index (χ0n) is 21.8. The number of nitrogens with zero attached hydrogens (tertiary/aromatic N) is 5. The highest BCUT2D eigenvalue weighted by molar-refractivity contribution is 6.05. The summed E-state index contributed by atoms with van der Waals surface area (Å²) in [7, 11) is 0. The van der Waals surface area contributed by atoms with E-state index in [1.54, 1.807) is 41.8 Å². The van der Waals surface area contributed by atoms with E-state index in [9.17, 15) is 9.59 Å². The molecule has 4 heterocycles. The van der Waals surface area contributed by atoms with Crippen molar-refractivity contribution in [1.29, 1.82) is 0 Å². The minimum absolute atomic E-state index is 0.122. The molecular weight excluding hydrogens is 497 g/mol. The highest BCUT2D eigenvalue weighted by Crippen LogP contribution is 2.37. The van der Waals surface area contributed by atoms with Crippen LogP contribution >= 0.6 is 0 Å². The van der Waals surface area contributed by atoms with Gasteiger partial charge in [-0.15, -0.1) is 4.59 Å². The number of anilines is 1. The lowest BCUT2D eigenvalue weighted by molar-refractivity contribution is -0.750. The van der Waals surface area contributed by atoms with Gasteiger partial charge in [-0.3, -0.25) is 14.6 Å². The van der Waals surface area contributed by atoms with Gasteiger partial charge in [0.15, 0.2) is 0 Å². The van der Waals surface area contributed by atoms with Crippen LogP contribution in [0.2, 0.25) is 0 Å². The maximum absolute atomic E-state index is 15.4. The number of aryl methyl sites for hydroxylation is 1. The highest BCUT2D eigenvalue weighted by atomic mass is 19.1. The number of amides is 2. The van der Waals surface area contributed by atoms with Crippen LogP contribution in [0.3, 0.4) is 0 Å². The van der Waals surface area contributed by atoms with Crippen LogP contribution in [0.5, 0.6) is 0 Å². The van der Waals surface area contributed by atoms with Gasteiger partial charge < -0.3 is 10.2 Å². The van der Waals surface area contributed by atoms with Crippen molar-refractivity contribution >= 4 is 29.7 Å². The number of fused-ring (bicyclic) bond motifs is 1. The number of amidine groups is 1. The average molecular weight is 529 g/mol. The Morgan fingerprint density at radius 3 is 2.90 bits per heavy atom. The molecule has 0 aliphatic carbocycles. The molecule has 2 aromatic rings. The van der Waals surface area contributed by atoms with Crippen LogP contribution in [0.4, 0.5) is 10.2 Å². The van der Waals surface area contributed by atoms with Crippen molar-refractivity contribution in [1.82, 2.24) is 9.88 Å². The lowest BCUT2D eigenvalue weighted by Gasteiger charge is -2.35. The van der Waals surface area contributed by atoms with Gasteiger partial charge >= 0.3 is 0 Å². The maximum atomic E-state index is 15.4. The van der Waals surface area contributed by atoms with Crippen molar-refractivity contribution in [3.8, 4) is 0 Å². The number of nitrogens with two attached hydrogens (primary N) is 1. The molecule has 0 bridgehead atoms. The van der Waals surface area contributed by atoms with Crippen molar-refractivity contribution in [3.05, 3.63) is 95.5 Å². The van der Waals surface area contributed by atoms with E-state index in [0.717, 1.165) is 31.2 Å². The summed E-state index contributed by atoms with van der Waals surface area (Å²) in [6.45, 7) is 6.29. The second kappa shape index (κ2) is 10.8. The fraction of sp³-hybridized carbons (Fsp3) is 0.276. The molecule has 2 atom stereocenters. The second-order valence-corrected chi connectivity index (χ2v) is 9.75. The van der Waals surface area contributed by atoms with Crippen LogP contribution in [-0.2, 0) is 11.2 Å². The minimum atomic E-state index is -0.713. The minimum Gasteiger partial charge on any atom is -0.330 e. The smallest absolute Gasteiger partial charge is 0.265 e. The summed E-state index contributed by atoms with van der Waals surface area (Å²) in [5.74, 6) is 6.07. The zero-order chi connectivity index (χ0) is 27.6. The molecule has 1 saturated heterocycles. The number of carbonyl (C=O) groups is 2. The Morgan fingerprint density at radius 2 is 2.13 bits per heavy atom. The number of allylic oxidation sites excluding steroid dienone is 1. The van der Waals surface area contributed by atoms with E-state index < -0.39 is 11.7 Å². The Labute approximate surface area is 226 Å². The molecule has 1 aromatic heterocycles. The third kappa shape index (κ3) is 4.96. The van der Waals surface area contributed by atoms with Gasteiger partial charge in [-0.25, -0.2) is 9.37 Å². The number of likely N-dealkylation sites (tertiary alicyclic amines) is 1. The zero-order valence-corrected chi connectivity index (χ0v) is 21.8. The standard InChI is InChI=1S/C29H30FN7O2/c1-3-7-19-11-12-33-25(16-19)34-29(39)21-10-9-20(17-22(21)30)28-35-27(24-18-32-13-15-37(24,28)31)23-8-5-6-14-36(23)26(38)4-2/h4,9-13,15-18,23H,2-3,5-8,14,31H2,1H3/p+1. The van der Waals surface area contributed by atoms with Gasteiger partial charge in [0.05, 0.1) is 29.6 Å². The van der Waals surface area contributed by atoms with E-state index in [0.29, 0.717) is 41.6 Å². The van der Waals surface area contributed by atoms with Crippen LogP contribution in [0.1, 0.15) is 54.1 Å². The van der Waals surface area contributed by atoms with Crippen molar-refractivity contribution in [3.63, 3.8) is 0 Å². The number of piperidine rings is 1. The predicted octanol–water partition coefficient (Wildman–Crippen LogP) is 4.21. The molecule has 0 saturated carbocycles. The number of aromatic nitrogens is 1. The number of rotatable bonds is 7. The number of benzene rings is 1. The number of halogens is 1. The van der Waals surface area contributed by atoms with E-state index in [1.807, 2.05) is 6.07 Å². The first-order valence-electron chi connectivity index (χ1n) is 13.1. The SMILES string of the molecule is C=CC(=O)N1CCCCC1C1=C2C=NC=C[N+]2(N)C(c2ccc(C(=O)Nc3cc(CCC)ccn3)c(F)c2)=N1. The lowest BCUT2D eigenvalue weighted by Crippen LogP contribution is -2.53. The fourth-order valence-electron chi connectivity index (χ4n) is 5.26. The fourth-order valence-corrected chi connectivity index (χ4v) is 5.26. The largest absolute Gasteiger partial charge is 0.330 e. The highest BCUT2D eigenvalue weighted by Gasteiger charge is 2.47. The first-order chi connectivity index (χ1) is 18.9. The number of aliphatic imine (C=N–C) groups is 2. The number of pyridine rings is 1. The molecule has 0 radical (unpaired) electrons. The Kier molecular flexibility index (Phi) is 7.32. The van der Waals surface area contributed by atoms with Crippen LogP contribution in [0, 0.1) is 5.82 Å². The molecule has 1 aromatic carbocycles. The third-order valence-corrected chi connectivity index (χ3v) is 7.18. The number of quaternary nitrogens is 1. The predicted molar refractivity (Wildman–Crippen MR) is 148 cm³/mol. The van der Waals surface area contributed by atoms with Crippen molar-refractivity contribution in [2.24, 2.45) is 15.8 Å². The quantitative estimate of drug-likeness (QED) is 0.318. The summed E-state index contributed by atoms with van der Waals surface area (Å²) in [6, 6.07) is 7.67. The topological polar surface area (TPSA) is 113 Å². The monoisotopic (exact) mass is 528 g/mol. The number of hydrogen-bond acceptors (Lipinski definition) is 6. The van der Waals surface area contributed by atoms with Gasteiger partial charge in [-0.1, -0.05) is 19.9 Å². The molecule has 10 heteroatoms. The van der Waals surface area contributed by atoms with Gasteiger partial charge in [0, 0.05) is 12.7 Å². The van der Waals surface area contributed by atoms with E-state index in [1.165, 1.54) is 18.2 Å². The molecule has 2 amide bonds. The molecular formula is C29H31FN7O2+. The van der Waals surface area contributed by atoms with Crippen molar-refractivity contribution < 1.29 is 18.6 Å². The Bertz CT molecular complexity index is 1460. The summed E-state index contributed by atoms with van der Waals surface area (Å²) in [5, 5.41) is 2.68.